The summed E-state index contributed by atoms with van der Waals surface area (Å²) < 4.78 is 1.74. The van der Waals surface area contributed by atoms with Crippen LogP contribution in [0.25, 0.3) is 5.69 Å². The summed E-state index contributed by atoms with van der Waals surface area (Å²) in [6, 6.07) is 6.21. The average molecular weight is 412 g/mol. The van der Waals surface area contributed by atoms with E-state index in [0.29, 0.717) is 5.16 Å². The maximum atomic E-state index is 13.1. The van der Waals surface area contributed by atoms with Crippen LogP contribution in [0.3, 0.4) is 0 Å². The van der Waals surface area contributed by atoms with Gasteiger partial charge in [-0.1, -0.05) is 29.5 Å². The molecule has 4 fully saturated rings. The van der Waals surface area contributed by atoms with E-state index in [1.165, 1.54) is 55.9 Å². The van der Waals surface area contributed by atoms with Crippen LogP contribution in [0.1, 0.15) is 56.6 Å². The number of amides is 1. The fraction of sp³-hybridized carbons (Fsp3) is 0.636. The first-order valence-corrected chi connectivity index (χ1v) is 11.6. The zero-order valence-corrected chi connectivity index (χ0v) is 18.2. The Balaban J connectivity index is 1.30. The number of nitrogens with zero attached hydrogens (tertiary/aromatic N) is 4. The van der Waals surface area contributed by atoms with Gasteiger partial charge < -0.3 is 5.32 Å². The van der Waals surface area contributed by atoms with Gasteiger partial charge in [-0.2, -0.15) is 4.68 Å². The largest absolute Gasteiger partial charge is 0.350 e. The Bertz CT molecular complexity index is 904. The lowest BCUT2D eigenvalue weighted by molar-refractivity contribution is -0.126. The highest BCUT2D eigenvalue weighted by molar-refractivity contribution is 8.00. The number of carbonyl (C=O) groups excluding carboxylic acids is 1. The molecule has 154 valence electrons. The fourth-order valence-corrected chi connectivity index (χ4v) is 7.09. The summed E-state index contributed by atoms with van der Waals surface area (Å²) in [4.78, 5) is 13.1. The molecule has 1 aromatic carbocycles. The number of nitrogens with one attached hydrogen (secondary N) is 1. The Morgan fingerprint density at radius 1 is 1.17 bits per heavy atom. The van der Waals surface area contributed by atoms with Crippen LogP contribution in [-0.2, 0) is 4.79 Å². The predicted molar refractivity (Wildman–Crippen MR) is 113 cm³/mol. The van der Waals surface area contributed by atoms with Gasteiger partial charge in [-0.3, -0.25) is 4.79 Å². The molecule has 0 saturated heterocycles. The van der Waals surface area contributed by atoms with Gasteiger partial charge in [0.25, 0.3) is 0 Å². The number of hydrogen-bond acceptors (Lipinski definition) is 5. The van der Waals surface area contributed by atoms with Crippen molar-refractivity contribution in [1.29, 1.82) is 0 Å². The Morgan fingerprint density at radius 3 is 2.45 bits per heavy atom. The standard InChI is InChI=1S/C22H29N5OS/c1-13-4-5-19(14(2)6-13)27-21(24-25-26-27)29-15(3)20(28)23-22-10-16-7-17(11-22)9-18(8-16)12-22/h4-6,15-18H,7-12H2,1-3H3,(H,23,28)/t15-,16?,17?,18?,22?/m1/s1. The molecular weight excluding hydrogens is 382 g/mol. The molecule has 4 bridgehead atoms. The van der Waals surface area contributed by atoms with Crippen molar-refractivity contribution >= 4 is 17.7 Å². The normalized spacial score (nSPS) is 31.1. The van der Waals surface area contributed by atoms with Crippen molar-refractivity contribution in [3.8, 4) is 5.69 Å². The number of carbonyl (C=O) groups is 1. The zero-order valence-electron chi connectivity index (χ0n) is 17.4. The highest BCUT2D eigenvalue weighted by atomic mass is 32.2. The molecule has 1 atom stereocenters. The van der Waals surface area contributed by atoms with E-state index in [1.54, 1.807) is 4.68 Å². The molecule has 0 aliphatic heterocycles. The summed E-state index contributed by atoms with van der Waals surface area (Å²) in [5.74, 6) is 2.58. The number of thioether (sulfide) groups is 1. The summed E-state index contributed by atoms with van der Waals surface area (Å²) >= 11 is 1.44. The number of tetrazole rings is 1. The third kappa shape index (κ3) is 3.58. The molecule has 1 heterocycles. The van der Waals surface area contributed by atoms with Gasteiger partial charge in [0, 0.05) is 5.54 Å². The minimum atomic E-state index is -0.237. The van der Waals surface area contributed by atoms with Crippen molar-refractivity contribution in [1.82, 2.24) is 25.5 Å². The van der Waals surface area contributed by atoms with Crippen molar-refractivity contribution in [2.24, 2.45) is 17.8 Å². The van der Waals surface area contributed by atoms with Crippen LogP contribution >= 0.6 is 11.8 Å². The molecule has 2 aromatic rings. The molecule has 0 radical (unpaired) electrons. The third-order valence-electron chi connectivity index (χ3n) is 7.10. The van der Waals surface area contributed by atoms with Crippen LogP contribution in [0.4, 0.5) is 0 Å². The molecule has 4 aliphatic carbocycles. The summed E-state index contributed by atoms with van der Waals surface area (Å²) in [6.07, 6.45) is 7.64. The van der Waals surface area contributed by atoms with E-state index in [1.807, 2.05) is 13.0 Å². The summed E-state index contributed by atoms with van der Waals surface area (Å²) in [7, 11) is 0. The van der Waals surface area contributed by atoms with Crippen molar-refractivity contribution < 1.29 is 4.79 Å². The molecule has 4 saturated carbocycles. The number of aryl methyl sites for hydroxylation is 2. The quantitative estimate of drug-likeness (QED) is 0.757. The third-order valence-corrected chi connectivity index (χ3v) is 8.13. The van der Waals surface area contributed by atoms with Crippen molar-refractivity contribution in [3.63, 3.8) is 0 Å². The molecule has 4 aliphatic rings. The minimum absolute atomic E-state index is 0.0418. The fourth-order valence-electron chi connectivity index (χ4n) is 6.28. The van der Waals surface area contributed by atoms with Gasteiger partial charge in [0.2, 0.25) is 11.1 Å². The smallest absolute Gasteiger partial charge is 0.233 e. The van der Waals surface area contributed by atoms with Crippen LogP contribution in [0.5, 0.6) is 0 Å². The Kier molecular flexibility index (Phi) is 4.68. The lowest BCUT2D eigenvalue weighted by atomic mass is 9.53. The Labute approximate surface area is 176 Å². The maximum Gasteiger partial charge on any atom is 0.233 e. The Hall–Kier alpha value is -1.89. The minimum Gasteiger partial charge on any atom is -0.350 e. The number of rotatable bonds is 5. The lowest BCUT2D eigenvalue weighted by Gasteiger charge is -2.57. The predicted octanol–water partition coefficient (Wildman–Crippen LogP) is 3.84. The highest BCUT2D eigenvalue weighted by Crippen LogP contribution is 2.55. The second kappa shape index (κ2) is 7.11. The average Bonchev–Trinajstić information content (AvgIpc) is 3.08. The zero-order chi connectivity index (χ0) is 20.2. The highest BCUT2D eigenvalue weighted by Gasteiger charge is 2.51. The molecule has 1 aromatic heterocycles. The number of hydrogen-bond donors (Lipinski definition) is 1. The van der Waals surface area contributed by atoms with E-state index in [4.69, 9.17) is 0 Å². The second-order valence-corrected chi connectivity index (χ2v) is 10.9. The van der Waals surface area contributed by atoms with E-state index in [9.17, 15) is 4.79 Å². The lowest BCUT2D eigenvalue weighted by Crippen LogP contribution is -2.60. The summed E-state index contributed by atoms with van der Waals surface area (Å²) in [6.45, 7) is 6.09. The van der Waals surface area contributed by atoms with Crippen LogP contribution in [0.15, 0.2) is 23.4 Å². The SMILES string of the molecule is Cc1ccc(-n2nnnc2S[C@H](C)C(=O)NC23CC4CC(CC(C4)C2)C3)c(C)c1. The second-order valence-electron chi connectivity index (χ2n) is 9.61. The number of benzene rings is 1. The van der Waals surface area contributed by atoms with E-state index in [-0.39, 0.29) is 16.7 Å². The molecule has 7 heteroatoms. The van der Waals surface area contributed by atoms with Crippen molar-refractivity contribution in [2.75, 3.05) is 0 Å². The van der Waals surface area contributed by atoms with Gasteiger partial charge in [0.15, 0.2) is 0 Å². The van der Waals surface area contributed by atoms with Gasteiger partial charge in [-0.25, -0.2) is 0 Å². The van der Waals surface area contributed by atoms with Crippen LogP contribution in [0, 0.1) is 31.6 Å². The molecular formula is C22H29N5OS. The van der Waals surface area contributed by atoms with Crippen LogP contribution in [-0.4, -0.2) is 36.9 Å². The molecule has 0 unspecified atom stereocenters. The monoisotopic (exact) mass is 411 g/mol. The number of aromatic nitrogens is 4. The van der Waals surface area contributed by atoms with Crippen molar-refractivity contribution in [3.05, 3.63) is 29.3 Å². The topological polar surface area (TPSA) is 72.7 Å². The van der Waals surface area contributed by atoms with E-state index in [2.05, 4.69) is 46.8 Å². The van der Waals surface area contributed by atoms with E-state index >= 15 is 0 Å². The molecule has 6 rings (SSSR count). The Morgan fingerprint density at radius 2 is 1.83 bits per heavy atom. The van der Waals surface area contributed by atoms with E-state index < -0.39 is 0 Å². The van der Waals surface area contributed by atoms with Gasteiger partial charge in [-0.05, 0) is 99.1 Å². The molecule has 29 heavy (non-hydrogen) atoms. The first kappa shape index (κ1) is 19.1. The van der Waals surface area contributed by atoms with Gasteiger partial charge in [0.1, 0.15) is 0 Å². The first-order chi connectivity index (χ1) is 13.9. The maximum absolute atomic E-state index is 13.1. The van der Waals surface area contributed by atoms with Crippen LogP contribution in [0.2, 0.25) is 0 Å². The molecule has 0 spiro atoms. The van der Waals surface area contributed by atoms with Crippen molar-refractivity contribution in [2.45, 2.75) is 75.2 Å². The molecule has 1 amide bonds. The van der Waals surface area contributed by atoms with E-state index in [0.717, 1.165) is 29.0 Å². The summed E-state index contributed by atoms with van der Waals surface area (Å²) in [5.41, 5.74) is 3.32. The molecule has 1 N–H and O–H groups in total. The van der Waals surface area contributed by atoms with Gasteiger partial charge in [0.05, 0.1) is 10.9 Å². The van der Waals surface area contributed by atoms with Gasteiger partial charge in [-0.15, -0.1) is 5.10 Å². The first-order valence-electron chi connectivity index (χ1n) is 10.8. The van der Waals surface area contributed by atoms with Gasteiger partial charge >= 0.3 is 0 Å². The summed E-state index contributed by atoms with van der Waals surface area (Å²) in [5, 5.41) is 16.1. The van der Waals surface area contributed by atoms with Crippen LogP contribution < -0.4 is 5.32 Å². The molecule has 6 nitrogen and oxygen atoms in total.